The molecule has 2 nitrogen and oxygen atoms in total. The van der Waals surface area contributed by atoms with Gasteiger partial charge in [0.05, 0.1) is 18.8 Å². The smallest absolute Gasteiger partial charge is 0.126 e. The highest BCUT2D eigenvalue weighted by molar-refractivity contribution is 6.23. The van der Waals surface area contributed by atoms with Crippen LogP contribution < -0.4 is 4.74 Å². The summed E-state index contributed by atoms with van der Waals surface area (Å²) in [6, 6.07) is 14.1. The lowest BCUT2D eigenvalue weighted by molar-refractivity contribution is 0.419. The second-order valence-corrected chi connectivity index (χ2v) is 5.35. The van der Waals surface area contributed by atoms with Crippen LogP contribution in [0.1, 0.15) is 29.2 Å². The number of benzene rings is 2. The number of alkyl halides is 1. The Morgan fingerprint density at radius 1 is 1.05 bits per heavy atom. The van der Waals surface area contributed by atoms with Crippen LogP contribution in [-0.4, -0.2) is 7.11 Å². The second kappa shape index (κ2) is 5.82. The molecule has 0 aliphatic rings. The zero-order valence-corrected chi connectivity index (χ0v) is 12.9. The van der Waals surface area contributed by atoms with Gasteiger partial charge in [-0.05, 0) is 23.1 Å². The molecule has 1 atom stereocenters. The van der Waals surface area contributed by atoms with Gasteiger partial charge in [0.15, 0.2) is 0 Å². The molecule has 3 heteroatoms. The van der Waals surface area contributed by atoms with E-state index in [0.29, 0.717) is 0 Å². The summed E-state index contributed by atoms with van der Waals surface area (Å²) in [5.74, 6) is 1.80. The molecule has 0 aliphatic heterocycles. The van der Waals surface area contributed by atoms with Crippen molar-refractivity contribution in [3.63, 3.8) is 0 Å². The molecular formula is C18H17ClO2. The van der Waals surface area contributed by atoms with Crippen molar-refractivity contribution in [2.45, 2.75) is 18.7 Å². The minimum absolute atomic E-state index is 0.227. The Balaban J connectivity index is 2.17. The number of aryl methyl sites for hydroxylation is 1. The fourth-order valence-electron chi connectivity index (χ4n) is 2.72. The predicted octanol–water partition coefficient (Wildman–Crippen LogP) is 5.33. The molecule has 0 saturated heterocycles. The van der Waals surface area contributed by atoms with E-state index in [0.717, 1.165) is 39.8 Å². The Bertz CT molecular complexity index is 761. The zero-order valence-electron chi connectivity index (χ0n) is 12.1. The van der Waals surface area contributed by atoms with Crippen LogP contribution >= 0.6 is 11.6 Å². The molecule has 1 unspecified atom stereocenters. The molecule has 0 fully saturated rings. The highest BCUT2D eigenvalue weighted by Crippen LogP contribution is 2.38. The molecule has 1 aromatic heterocycles. The summed E-state index contributed by atoms with van der Waals surface area (Å²) in [6.07, 6.45) is 2.54. The summed E-state index contributed by atoms with van der Waals surface area (Å²) < 4.78 is 10.9. The second-order valence-electron chi connectivity index (χ2n) is 4.92. The standard InChI is InChI=1S/C18H17ClO2/c1-3-16-15(10-11-21-16)18(19)14-8-9-17(20-2)13-7-5-4-6-12(13)14/h4-11,18H,3H2,1-2H3. The molecular weight excluding hydrogens is 284 g/mol. The first-order valence-electron chi connectivity index (χ1n) is 7.02. The minimum Gasteiger partial charge on any atom is -0.496 e. The van der Waals surface area contributed by atoms with Crippen LogP contribution in [0, 0.1) is 0 Å². The van der Waals surface area contributed by atoms with Crippen molar-refractivity contribution in [2.75, 3.05) is 7.11 Å². The number of rotatable bonds is 4. The van der Waals surface area contributed by atoms with Crippen molar-refractivity contribution in [2.24, 2.45) is 0 Å². The number of hydrogen-bond acceptors (Lipinski definition) is 2. The van der Waals surface area contributed by atoms with Crippen LogP contribution in [-0.2, 0) is 6.42 Å². The van der Waals surface area contributed by atoms with Crippen molar-refractivity contribution >= 4 is 22.4 Å². The Labute approximate surface area is 129 Å². The fourth-order valence-corrected chi connectivity index (χ4v) is 3.11. The van der Waals surface area contributed by atoms with E-state index in [2.05, 4.69) is 19.1 Å². The van der Waals surface area contributed by atoms with E-state index in [1.54, 1.807) is 13.4 Å². The first-order chi connectivity index (χ1) is 10.3. The molecule has 0 radical (unpaired) electrons. The van der Waals surface area contributed by atoms with Gasteiger partial charge in [-0.2, -0.15) is 0 Å². The first-order valence-corrected chi connectivity index (χ1v) is 7.45. The van der Waals surface area contributed by atoms with Gasteiger partial charge in [-0.1, -0.05) is 37.3 Å². The molecule has 21 heavy (non-hydrogen) atoms. The van der Waals surface area contributed by atoms with Crippen LogP contribution in [0.4, 0.5) is 0 Å². The quantitative estimate of drug-likeness (QED) is 0.607. The van der Waals surface area contributed by atoms with Gasteiger partial charge >= 0.3 is 0 Å². The van der Waals surface area contributed by atoms with Gasteiger partial charge in [-0.25, -0.2) is 0 Å². The lowest BCUT2D eigenvalue weighted by Crippen LogP contribution is -1.97. The lowest BCUT2D eigenvalue weighted by atomic mass is 9.97. The van der Waals surface area contributed by atoms with E-state index < -0.39 is 0 Å². The van der Waals surface area contributed by atoms with E-state index >= 15 is 0 Å². The van der Waals surface area contributed by atoms with Crippen LogP contribution in [0.5, 0.6) is 5.75 Å². The number of fused-ring (bicyclic) bond motifs is 1. The first kappa shape index (κ1) is 14.0. The van der Waals surface area contributed by atoms with Crippen molar-refractivity contribution < 1.29 is 9.15 Å². The van der Waals surface area contributed by atoms with E-state index in [1.165, 1.54) is 0 Å². The van der Waals surface area contributed by atoms with Crippen molar-refractivity contribution in [3.8, 4) is 5.75 Å². The molecule has 108 valence electrons. The van der Waals surface area contributed by atoms with E-state index in [-0.39, 0.29) is 5.38 Å². The van der Waals surface area contributed by atoms with Gasteiger partial charge in [0, 0.05) is 17.4 Å². The average molecular weight is 301 g/mol. The topological polar surface area (TPSA) is 22.4 Å². The van der Waals surface area contributed by atoms with E-state index in [9.17, 15) is 0 Å². The largest absolute Gasteiger partial charge is 0.496 e. The third-order valence-corrected chi connectivity index (χ3v) is 4.25. The summed E-state index contributed by atoms with van der Waals surface area (Å²) in [6.45, 7) is 2.07. The maximum Gasteiger partial charge on any atom is 0.126 e. The zero-order chi connectivity index (χ0) is 14.8. The van der Waals surface area contributed by atoms with Gasteiger partial charge in [-0.15, -0.1) is 11.6 Å². The molecule has 2 aromatic carbocycles. The van der Waals surface area contributed by atoms with Crippen LogP contribution in [0.15, 0.2) is 53.1 Å². The van der Waals surface area contributed by atoms with Crippen molar-refractivity contribution in [1.29, 1.82) is 0 Å². The summed E-state index contributed by atoms with van der Waals surface area (Å²) in [5.41, 5.74) is 2.11. The molecule has 3 aromatic rings. The maximum atomic E-state index is 6.73. The fraction of sp³-hybridized carbons (Fsp3) is 0.222. The number of ether oxygens (including phenoxy) is 1. The van der Waals surface area contributed by atoms with Crippen LogP contribution in [0.2, 0.25) is 0 Å². The molecule has 0 spiro atoms. The minimum atomic E-state index is -0.227. The summed E-state index contributed by atoms with van der Waals surface area (Å²) in [5, 5.41) is 1.96. The van der Waals surface area contributed by atoms with Gasteiger partial charge < -0.3 is 9.15 Å². The highest BCUT2D eigenvalue weighted by atomic mass is 35.5. The Hall–Kier alpha value is -1.93. The average Bonchev–Trinajstić information content (AvgIpc) is 3.01. The molecule has 1 heterocycles. The SMILES string of the molecule is CCc1occc1C(Cl)c1ccc(OC)c2ccccc12. The molecule has 0 bridgehead atoms. The van der Waals surface area contributed by atoms with Crippen molar-refractivity contribution in [3.05, 3.63) is 65.6 Å². The Morgan fingerprint density at radius 2 is 1.81 bits per heavy atom. The maximum absolute atomic E-state index is 6.73. The third kappa shape index (κ3) is 2.40. The number of methoxy groups -OCH3 is 1. The van der Waals surface area contributed by atoms with Gasteiger partial charge in [0.2, 0.25) is 0 Å². The van der Waals surface area contributed by atoms with Crippen LogP contribution in [0.25, 0.3) is 10.8 Å². The lowest BCUT2D eigenvalue weighted by Gasteiger charge is -2.15. The predicted molar refractivity (Wildman–Crippen MR) is 86.3 cm³/mol. The summed E-state index contributed by atoms with van der Waals surface area (Å²) >= 11 is 6.73. The molecule has 0 amide bonds. The summed E-state index contributed by atoms with van der Waals surface area (Å²) in [4.78, 5) is 0. The normalized spacial score (nSPS) is 12.5. The number of furan rings is 1. The Morgan fingerprint density at radius 3 is 2.52 bits per heavy atom. The molecule has 0 aliphatic carbocycles. The molecule has 0 N–H and O–H groups in total. The monoisotopic (exact) mass is 300 g/mol. The Kier molecular flexibility index (Phi) is 3.89. The van der Waals surface area contributed by atoms with E-state index in [4.69, 9.17) is 20.8 Å². The molecule has 0 saturated carbocycles. The van der Waals surface area contributed by atoms with Gasteiger partial charge in [-0.3, -0.25) is 0 Å². The van der Waals surface area contributed by atoms with Crippen LogP contribution in [0.3, 0.4) is 0 Å². The highest BCUT2D eigenvalue weighted by Gasteiger charge is 2.19. The summed E-state index contributed by atoms with van der Waals surface area (Å²) in [7, 11) is 1.69. The van der Waals surface area contributed by atoms with E-state index in [1.807, 2.05) is 30.3 Å². The third-order valence-electron chi connectivity index (χ3n) is 3.78. The van der Waals surface area contributed by atoms with Gasteiger partial charge in [0.25, 0.3) is 0 Å². The van der Waals surface area contributed by atoms with Crippen molar-refractivity contribution in [1.82, 2.24) is 0 Å². The van der Waals surface area contributed by atoms with Gasteiger partial charge in [0.1, 0.15) is 11.5 Å². The number of hydrogen-bond donors (Lipinski definition) is 0. The molecule has 3 rings (SSSR count). The number of halogens is 1.